The van der Waals surface area contributed by atoms with E-state index in [1.54, 1.807) is 23.1 Å². The Hall–Kier alpha value is -2.92. The summed E-state index contributed by atoms with van der Waals surface area (Å²) >= 11 is 6.08. The Bertz CT molecular complexity index is 1080. The number of benzene rings is 1. The van der Waals surface area contributed by atoms with Crippen molar-refractivity contribution in [2.45, 2.75) is 12.7 Å². The number of hydrogen-bond acceptors (Lipinski definition) is 6. The lowest BCUT2D eigenvalue weighted by atomic mass is 10.2. The van der Waals surface area contributed by atoms with Crippen molar-refractivity contribution in [3.63, 3.8) is 0 Å². The van der Waals surface area contributed by atoms with Crippen LogP contribution >= 0.6 is 11.6 Å². The second-order valence-electron chi connectivity index (χ2n) is 6.77. The smallest absolute Gasteiger partial charge is 0.333 e. The van der Waals surface area contributed by atoms with Gasteiger partial charge in [-0.15, -0.1) is 0 Å². The molecule has 0 spiro atoms. The van der Waals surface area contributed by atoms with E-state index in [4.69, 9.17) is 11.6 Å². The number of halogens is 4. The molecule has 4 rings (SSSR count). The number of hydrogen-bond donors (Lipinski definition) is 2. The maximum Gasteiger partial charge on any atom is 0.406 e. The van der Waals surface area contributed by atoms with Gasteiger partial charge in [-0.05, 0) is 18.2 Å². The number of carbonyl (C=O) groups is 1. The first-order chi connectivity index (χ1) is 14.3. The van der Waals surface area contributed by atoms with Crippen molar-refractivity contribution in [1.29, 1.82) is 0 Å². The van der Waals surface area contributed by atoms with E-state index < -0.39 is 12.7 Å². The number of imidazole rings is 1. The third kappa shape index (κ3) is 4.62. The van der Waals surface area contributed by atoms with Crippen LogP contribution in [0.2, 0.25) is 5.02 Å². The van der Waals surface area contributed by atoms with Crippen LogP contribution in [0.25, 0.3) is 10.9 Å². The number of aromatic nitrogens is 4. The van der Waals surface area contributed by atoms with Gasteiger partial charge in [-0.1, -0.05) is 11.6 Å². The Labute approximate surface area is 174 Å². The van der Waals surface area contributed by atoms with Gasteiger partial charge in [0.1, 0.15) is 18.2 Å². The zero-order valence-electron chi connectivity index (χ0n) is 15.6. The van der Waals surface area contributed by atoms with E-state index in [0.29, 0.717) is 42.1 Å². The second-order valence-corrected chi connectivity index (χ2v) is 7.21. The van der Waals surface area contributed by atoms with Gasteiger partial charge in [-0.25, -0.2) is 15.0 Å². The monoisotopic (exact) mass is 439 g/mol. The molecular weight excluding hydrogens is 423 g/mol. The Morgan fingerprint density at radius 3 is 2.73 bits per heavy atom. The highest BCUT2D eigenvalue weighted by Crippen LogP contribution is 2.27. The average molecular weight is 440 g/mol. The van der Waals surface area contributed by atoms with Crippen molar-refractivity contribution < 1.29 is 18.0 Å². The van der Waals surface area contributed by atoms with Crippen molar-refractivity contribution in [2.75, 3.05) is 31.5 Å². The van der Waals surface area contributed by atoms with Crippen LogP contribution in [0.1, 0.15) is 10.6 Å². The Morgan fingerprint density at radius 2 is 2.00 bits per heavy atom. The molecule has 1 saturated heterocycles. The molecule has 158 valence electrons. The zero-order valence-corrected chi connectivity index (χ0v) is 16.3. The highest BCUT2D eigenvalue weighted by atomic mass is 35.5. The van der Waals surface area contributed by atoms with Crippen molar-refractivity contribution in [3.05, 3.63) is 41.6 Å². The number of anilines is 2. The summed E-state index contributed by atoms with van der Waals surface area (Å²) in [6, 6.07) is 4.91. The maximum atomic E-state index is 12.9. The van der Waals surface area contributed by atoms with E-state index in [2.05, 4.69) is 25.6 Å². The highest BCUT2D eigenvalue weighted by Gasteiger charge is 2.28. The zero-order chi connectivity index (χ0) is 21.3. The minimum atomic E-state index is -4.37. The lowest BCUT2D eigenvalue weighted by Crippen LogP contribution is -2.46. The fourth-order valence-corrected chi connectivity index (χ4v) is 3.31. The summed E-state index contributed by atoms with van der Waals surface area (Å²) in [5.74, 6) is 0.0565. The van der Waals surface area contributed by atoms with E-state index in [1.807, 2.05) is 0 Å². The quantitative estimate of drug-likeness (QED) is 0.650. The molecule has 1 aliphatic rings. The van der Waals surface area contributed by atoms with E-state index >= 15 is 0 Å². The van der Waals surface area contributed by atoms with Crippen LogP contribution in [0.4, 0.5) is 24.8 Å². The SMILES string of the molecule is O=C(c1nc(Nc2cn(CC(F)(F)F)cn2)c2cc(Cl)ccc2n1)N1CCNCC1. The molecule has 3 heterocycles. The van der Waals surface area contributed by atoms with Gasteiger partial charge in [0.15, 0.2) is 0 Å². The van der Waals surface area contributed by atoms with Gasteiger partial charge in [-0.2, -0.15) is 13.2 Å². The van der Waals surface area contributed by atoms with Gasteiger partial charge in [0.05, 0.1) is 11.8 Å². The van der Waals surface area contributed by atoms with Gasteiger partial charge in [0.25, 0.3) is 5.91 Å². The number of amides is 1. The number of piperazine rings is 1. The predicted octanol–water partition coefficient (Wildman–Crippen LogP) is 2.83. The van der Waals surface area contributed by atoms with Crippen LogP contribution in [-0.2, 0) is 6.54 Å². The standard InChI is InChI=1S/C18H17ClF3N7O/c19-11-1-2-13-12(7-11)15(26-14-8-28(10-24-14)9-18(20,21)22)27-16(25-13)17(30)29-5-3-23-4-6-29/h1-2,7-8,10,23H,3-6,9H2,(H,25,26,27). The van der Waals surface area contributed by atoms with Crippen LogP contribution in [0.3, 0.4) is 0 Å². The van der Waals surface area contributed by atoms with Crippen molar-refractivity contribution in [3.8, 4) is 0 Å². The fourth-order valence-electron chi connectivity index (χ4n) is 3.14. The molecule has 2 N–H and O–H groups in total. The minimum Gasteiger partial charge on any atom is -0.333 e. The first-order valence-electron chi connectivity index (χ1n) is 9.11. The summed E-state index contributed by atoms with van der Waals surface area (Å²) in [6.07, 6.45) is -2.08. The van der Waals surface area contributed by atoms with Gasteiger partial charge in [0, 0.05) is 42.8 Å². The van der Waals surface area contributed by atoms with E-state index in [9.17, 15) is 18.0 Å². The number of rotatable bonds is 4. The Kier molecular flexibility index (Phi) is 5.48. The number of nitrogens with one attached hydrogen (secondary N) is 2. The molecule has 12 heteroatoms. The molecule has 1 fully saturated rings. The molecule has 2 aromatic heterocycles. The van der Waals surface area contributed by atoms with Crippen LogP contribution in [0.5, 0.6) is 0 Å². The number of nitrogens with zero attached hydrogens (tertiary/aromatic N) is 5. The van der Waals surface area contributed by atoms with Crippen molar-refractivity contribution in [1.82, 2.24) is 29.7 Å². The average Bonchev–Trinajstić information content (AvgIpc) is 3.13. The molecule has 0 aliphatic carbocycles. The van der Waals surface area contributed by atoms with Crippen LogP contribution in [0, 0.1) is 0 Å². The second kappa shape index (κ2) is 8.07. The molecule has 1 aliphatic heterocycles. The lowest BCUT2D eigenvalue weighted by molar-refractivity contribution is -0.140. The summed E-state index contributed by atoms with van der Waals surface area (Å²) in [5.41, 5.74) is 0.477. The summed E-state index contributed by atoms with van der Waals surface area (Å²) in [4.78, 5) is 27.1. The molecular formula is C18H17ClF3N7O. The molecule has 0 saturated carbocycles. The normalized spacial score (nSPS) is 14.9. The summed E-state index contributed by atoms with van der Waals surface area (Å²) in [7, 11) is 0. The molecule has 0 unspecified atom stereocenters. The molecule has 30 heavy (non-hydrogen) atoms. The van der Waals surface area contributed by atoms with Crippen molar-refractivity contribution >= 4 is 40.0 Å². The number of carbonyl (C=O) groups excluding carboxylic acids is 1. The first-order valence-corrected chi connectivity index (χ1v) is 9.49. The maximum absolute atomic E-state index is 12.9. The van der Waals surface area contributed by atoms with Crippen molar-refractivity contribution in [2.24, 2.45) is 0 Å². The van der Waals surface area contributed by atoms with Gasteiger partial charge in [0.2, 0.25) is 5.82 Å². The summed E-state index contributed by atoms with van der Waals surface area (Å²) < 4.78 is 38.7. The minimum absolute atomic E-state index is 0.0102. The van der Waals surface area contributed by atoms with Gasteiger partial charge in [-0.3, -0.25) is 4.79 Å². The number of alkyl halides is 3. The van der Waals surface area contributed by atoms with Gasteiger partial charge >= 0.3 is 6.18 Å². The van der Waals surface area contributed by atoms with Crippen LogP contribution in [-0.4, -0.2) is 62.7 Å². The molecule has 0 radical (unpaired) electrons. The molecule has 3 aromatic rings. The van der Waals surface area contributed by atoms with E-state index in [0.717, 1.165) is 10.9 Å². The summed E-state index contributed by atoms with van der Waals surface area (Å²) in [5, 5.41) is 7.00. The van der Waals surface area contributed by atoms with Crippen LogP contribution in [0.15, 0.2) is 30.7 Å². The molecule has 8 nitrogen and oxygen atoms in total. The lowest BCUT2D eigenvalue weighted by Gasteiger charge is -2.26. The van der Waals surface area contributed by atoms with E-state index in [1.165, 1.54) is 6.20 Å². The molecule has 1 amide bonds. The molecule has 0 bridgehead atoms. The Morgan fingerprint density at radius 1 is 1.23 bits per heavy atom. The molecule has 1 aromatic carbocycles. The number of fused-ring (bicyclic) bond motifs is 1. The third-order valence-corrected chi connectivity index (χ3v) is 4.73. The highest BCUT2D eigenvalue weighted by molar-refractivity contribution is 6.31. The largest absolute Gasteiger partial charge is 0.406 e. The predicted molar refractivity (Wildman–Crippen MR) is 105 cm³/mol. The molecule has 0 atom stereocenters. The topological polar surface area (TPSA) is 88.0 Å². The third-order valence-electron chi connectivity index (χ3n) is 4.49. The van der Waals surface area contributed by atoms with Crippen LogP contribution < -0.4 is 10.6 Å². The van der Waals surface area contributed by atoms with Gasteiger partial charge < -0.3 is 20.1 Å². The Balaban J connectivity index is 1.68. The van der Waals surface area contributed by atoms with E-state index in [-0.39, 0.29) is 23.4 Å². The summed E-state index contributed by atoms with van der Waals surface area (Å²) in [6.45, 7) is 1.26. The first kappa shape index (κ1) is 20.4. The fraction of sp³-hybridized carbons (Fsp3) is 0.333.